The third-order valence-electron chi connectivity index (χ3n) is 6.11. The number of likely N-dealkylation sites (N-methyl/N-ethyl adjacent to an activating group) is 1. The molecule has 1 aliphatic heterocycles. The molecule has 1 fully saturated rings. The van der Waals surface area contributed by atoms with Gasteiger partial charge in [-0.2, -0.15) is 15.0 Å². The van der Waals surface area contributed by atoms with Gasteiger partial charge in [0.1, 0.15) is 5.84 Å². The van der Waals surface area contributed by atoms with Crippen molar-refractivity contribution in [3.8, 4) is 0 Å². The molecule has 1 saturated heterocycles. The van der Waals surface area contributed by atoms with Gasteiger partial charge in [-0.3, -0.25) is 4.99 Å². The molecule has 186 valence electrons. The summed E-state index contributed by atoms with van der Waals surface area (Å²) in [4.78, 5) is 23.3. The molecule has 3 aromatic rings. The molecule has 36 heavy (non-hydrogen) atoms. The van der Waals surface area contributed by atoms with Gasteiger partial charge in [0, 0.05) is 33.2 Å². The highest BCUT2D eigenvalue weighted by atomic mass is 15.3. The molecule has 4 rings (SSSR count). The van der Waals surface area contributed by atoms with Crippen LogP contribution in [0.2, 0.25) is 0 Å². The van der Waals surface area contributed by atoms with Crippen LogP contribution in [0.3, 0.4) is 0 Å². The fourth-order valence-corrected chi connectivity index (χ4v) is 4.05. The third-order valence-corrected chi connectivity index (χ3v) is 6.11. The molecule has 1 N–H and O–H groups in total. The monoisotopic (exact) mass is 481 g/mol. The molecule has 7 nitrogen and oxygen atoms in total. The molecule has 2 heterocycles. The molecule has 1 aliphatic rings. The molecule has 2 aromatic carbocycles. The smallest absolute Gasteiger partial charge is 0.233 e. The zero-order chi connectivity index (χ0) is 25.2. The van der Waals surface area contributed by atoms with Crippen LogP contribution < -0.4 is 10.2 Å². The lowest BCUT2D eigenvalue weighted by Gasteiger charge is -2.32. The van der Waals surface area contributed by atoms with Crippen LogP contribution in [0.25, 0.3) is 17.7 Å². The highest BCUT2D eigenvalue weighted by Crippen LogP contribution is 2.21. The molecule has 0 spiro atoms. The van der Waals surface area contributed by atoms with Gasteiger partial charge in [-0.15, -0.1) is 0 Å². The predicted molar refractivity (Wildman–Crippen MR) is 151 cm³/mol. The summed E-state index contributed by atoms with van der Waals surface area (Å²) in [5, 5.41) is 3.35. The second-order valence-corrected chi connectivity index (χ2v) is 8.87. The fourth-order valence-electron chi connectivity index (χ4n) is 4.05. The largest absolute Gasteiger partial charge is 0.338 e. The maximum atomic E-state index is 4.78. The van der Waals surface area contributed by atoms with Gasteiger partial charge < -0.3 is 15.1 Å². The lowest BCUT2D eigenvalue weighted by atomic mass is 10.0. The molecule has 0 saturated carbocycles. The molecule has 1 aromatic heterocycles. The average Bonchev–Trinajstić information content (AvgIpc) is 2.92. The van der Waals surface area contributed by atoms with E-state index in [1.807, 2.05) is 36.4 Å². The fraction of sp³-hybridized carbons (Fsp3) is 0.310. The van der Waals surface area contributed by atoms with Gasteiger partial charge in [-0.05, 0) is 42.3 Å². The number of rotatable bonds is 8. The van der Waals surface area contributed by atoms with E-state index in [1.165, 1.54) is 11.1 Å². The number of aromatic nitrogens is 3. The Hall–Kier alpha value is -3.84. The van der Waals surface area contributed by atoms with Gasteiger partial charge in [-0.25, -0.2) is 0 Å². The van der Waals surface area contributed by atoms with Crippen molar-refractivity contribution < 1.29 is 0 Å². The highest BCUT2D eigenvalue weighted by molar-refractivity contribution is 6.07. The first kappa shape index (κ1) is 25.3. The summed E-state index contributed by atoms with van der Waals surface area (Å²) >= 11 is 0. The maximum Gasteiger partial charge on any atom is 0.233 e. The van der Waals surface area contributed by atoms with Crippen LogP contribution in [-0.4, -0.2) is 66.0 Å². The number of aliphatic imine (C=N–C) groups is 1. The summed E-state index contributed by atoms with van der Waals surface area (Å²) < 4.78 is 0. The maximum absolute atomic E-state index is 4.78. The summed E-state index contributed by atoms with van der Waals surface area (Å²) in [7, 11) is 3.93. The van der Waals surface area contributed by atoms with Crippen molar-refractivity contribution in [3.63, 3.8) is 0 Å². The number of hydrogen-bond donors (Lipinski definition) is 1. The third kappa shape index (κ3) is 7.09. The lowest BCUT2D eigenvalue weighted by Crippen LogP contribution is -2.45. The quantitative estimate of drug-likeness (QED) is 0.356. The Morgan fingerprint density at radius 1 is 0.917 bits per heavy atom. The summed E-state index contributed by atoms with van der Waals surface area (Å²) in [6.07, 6.45) is 8.06. The van der Waals surface area contributed by atoms with Gasteiger partial charge >= 0.3 is 0 Å². The number of nitrogens with one attached hydrogen (secondary N) is 1. The molecular weight excluding hydrogens is 446 g/mol. The van der Waals surface area contributed by atoms with Crippen molar-refractivity contribution in [2.75, 3.05) is 50.5 Å². The number of amidine groups is 1. The van der Waals surface area contributed by atoms with E-state index in [0.29, 0.717) is 17.7 Å². The number of allylic oxidation sites excluding steroid dienone is 1. The zero-order valence-electron chi connectivity index (χ0n) is 21.4. The van der Waals surface area contributed by atoms with E-state index in [1.54, 1.807) is 7.05 Å². The number of piperazine rings is 1. The van der Waals surface area contributed by atoms with Crippen molar-refractivity contribution in [3.05, 3.63) is 83.7 Å². The van der Waals surface area contributed by atoms with Crippen LogP contribution in [-0.2, 0) is 0 Å². The molecular formula is C29H35N7. The van der Waals surface area contributed by atoms with Gasteiger partial charge in [0.05, 0.1) is 0 Å². The van der Waals surface area contributed by atoms with Crippen LogP contribution in [0, 0.1) is 0 Å². The zero-order valence-corrected chi connectivity index (χ0v) is 21.4. The van der Waals surface area contributed by atoms with E-state index in [2.05, 4.69) is 76.6 Å². The van der Waals surface area contributed by atoms with Crippen molar-refractivity contribution in [1.82, 2.24) is 19.9 Å². The van der Waals surface area contributed by atoms with E-state index in [0.717, 1.165) is 50.4 Å². The van der Waals surface area contributed by atoms with Crippen LogP contribution in [0.1, 0.15) is 36.7 Å². The molecule has 0 bridgehead atoms. The Kier molecular flexibility index (Phi) is 8.94. The van der Waals surface area contributed by atoms with Crippen molar-refractivity contribution in [2.24, 2.45) is 4.99 Å². The Balaban J connectivity index is 1.64. The Morgan fingerprint density at radius 3 is 2.28 bits per heavy atom. The van der Waals surface area contributed by atoms with Crippen LogP contribution in [0.5, 0.6) is 0 Å². The van der Waals surface area contributed by atoms with Gasteiger partial charge in [0.25, 0.3) is 0 Å². The normalized spacial score (nSPS) is 15.5. The Morgan fingerprint density at radius 2 is 1.61 bits per heavy atom. The van der Waals surface area contributed by atoms with Gasteiger partial charge in [0.15, 0.2) is 5.82 Å². The number of anilines is 2. The second-order valence-electron chi connectivity index (χ2n) is 8.87. The summed E-state index contributed by atoms with van der Waals surface area (Å²) in [5.41, 5.74) is 3.52. The molecule has 0 radical (unpaired) electrons. The van der Waals surface area contributed by atoms with Crippen molar-refractivity contribution in [1.29, 1.82) is 0 Å². The standard InChI is InChI=1S/C29H35N7/c1-4-11-25(24-14-9-6-10-15-24)22-27(30-2)32-28-31-26(17-16-23-12-7-5-8-13-23)33-29(34-28)36-20-18-35(3)19-21-36/h5-10,12-17,22H,4,11,18-21H2,1-3H3,(H,30,31,32,33,34). The summed E-state index contributed by atoms with van der Waals surface area (Å²) in [6.45, 7) is 5.90. The van der Waals surface area contributed by atoms with E-state index in [-0.39, 0.29) is 0 Å². The minimum Gasteiger partial charge on any atom is -0.338 e. The molecule has 0 unspecified atom stereocenters. The Bertz CT molecular complexity index is 1190. The lowest BCUT2D eigenvalue weighted by molar-refractivity contribution is 0.311. The summed E-state index contributed by atoms with van der Waals surface area (Å²) in [6, 6.07) is 20.6. The van der Waals surface area contributed by atoms with Crippen LogP contribution in [0.4, 0.5) is 11.9 Å². The molecule has 7 heteroatoms. The van der Waals surface area contributed by atoms with Gasteiger partial charge in [0.2, 0.25) is 11.9 Å². The number of hydrogen-bond acceptors (Lipinski definition) is 6. The average molecular weight is 482 g/mol. The van der Waals surface area contributed by atoms with Crippen molar-refractivity contribution in [2.45, 2.75) is 19.8 Å². The van der Waals surface area contributed by atoms with E-state index in [9.17, 15) is 0 Å². The summed E-state index contributed by atoms with van der Waals surface area (Å²) in [5.74, 6) is 2.51. The van der Waals surface area contributed by atoms with Crippen LogP contribution >= 0.6 is 0 Å². The minimum atomic E-state index is 0.493. The molecule has 0 amide bonds. The highest BCUT2D eigenvalue weighted by Gasteiger charge is 2.18. The number of nitrogens with zero attached hydrogens (tertiary/aromatic N) is 6. The van der Waals surface area contributed by atoms with E-state index >= 15 is 0 Å². The molecule has 0 atom stereocenters. The Labute approximate surface area is 214 Å². The van der Waals surface area contributed by atoms with Crippen molar-refractivity contribution >= 4 is 35.5 Å². The first-order valence-electron chi connectivity index (χ1n) is 12.6. The topological polar surface area (TPSA) is 69.5 Å². The molecule has 0 aliphatic carbocycles. The first-order valence-corrected chi connectivity index (χ1v) is 12.6. The van der Waals surface area contributed by atoms with Crippen LogP contribution in [0.15, 0.2) is 71.7 Å². The second kappa shape index (κ2) is 12.7. The van der Waals surface area contributed by atoms with Gasteiger partial charge in [-0.1, -0.05) is 80.1 Å². The first-order chi connectivity index (χ1) is 17.6. The number of benzene rings is 2. The minimum absolute atomic E-state index is 0.493. The predicted octanol–water partition coefficient (Wildman–Crippen LogP) is 5.12. The van der Waals surface area contributed by atoms with E-state index < -0.39 is 0 Å². The SMILES string of the molecule is CCCC(=CC(=NC)Nc1nc(C=Cc2ccccc2)nc(N2CCN(C)CC2)n1)c1ccccc1. The van der Waals surface area contributed by atoms with E-state index in [4.69, 9.17) is 15.0 Å².